The van der Waals surface area contributed by atoms with E-state index in [1.807, 2.05) is 4.57 Å². The van der Waals surface area contributed by atoms with Crippen molar-refractivity contribution in [2.24, 2.45) is 0 Å². The van der Waals surface area contributed by atoms with E-state index in [0.717, 1.165) is 38.7 Å². The molecule has 0 spiro atoms. The number of rotatable bonds is 6. The molecule has 33 heavy (non-hydrogen) atoms. The summed E-state index contributed by atoms with van der Waals surface area (Å²) in [7, 11) is 0. The van der Waals surface area contributed by atoms with Gasteiger partial charge in [0.15, 0.2) is 5.16 Å². The van der Waals surface area contributed by atoms with Gasteiger partial charge >= 0.3 is 0 Å². The first kappa shape index (κ1) is 23.8. The van der Waals surface area contributed by atoms with Gasteiger partial charge in [0.1, 0.15) is 4.83 Å². The van der Waals surface area contributed by atoms with Gasteiger partial charge in [-0.3, -0.25) is 9.36 Å². The molecule has 5 heteroatoms. The highest BCUT2D eigenvalue weighted by Gasteiger charge is 2.18. The highest BCUT2D eigenvalue weighted by Crippen LogP contribution is 2.31. The maximum atomic E-state index is 13.7. The molecule has 0 aliphatic carbocycles. The van der Waals surface area contributed by atoms with Gasteiger partial charge in [-0.05, 0) is 47.9 Å². The summed E-state index contributed by atoms with van der Waals surface area (Å²) in [4.78, 5) is 20.8. The molecular formula is C28H32N2OS2. The normalized spacial score (nSPS) is 11.9. The molecule has 2 heterocycles. The first-order valence-corrected chi connectivity index (χ1v) is 13.3. The highest BCUT2D eigenvalue weighted by molar-refractivity contribution is 7.98. The number of thiophene rings is 1. The Bertz CT molecular complexity index is 1320. The summed E-state index contributed by atoms with van der Waals surface area (Å²) in [6.07, 6.45) is 0.923. The molecule has 0 bridgehead atoms. The first-order chi connectivity index (χ1) is 15.7. The largest absolute Gasteiger partial charge is 0.283 e. The highest BCUT2D eigenvalue weighted by atomic mass is 32.2. The average Bonchev–Trinajstić information content (AvgIpc) is 3.11. The number of hydrogen-bond donors (Lipinski definition) is 0. The van der Waals surface area contributed by atoms with E-state index in [-0.39, 0.29) is 11.0 Å². The van der Waals surface area contributed by atoms with Crippen molar-refractivity contribution < 1.29 is 0 Å². The average molecular weight is 477 g/mol. The third kappa shape index (κ3) is 5.10. The second-order valence-electron chi connectivity index (χ2n) is 9.69. The molecule has 2 aromatic carbocycles. The van der Waals surface area contributed by atoms with Crippen LogP contribution in [0.5, 0.6) is 0 Å². The number of thioether (sulfide) groups is 1. The van der Waals surface area contributed by atoms with Crippen molar-refractivity contribution in [2.45, 2.75) is 70.8 Å². The Balaban J connectivity index is 1.72. The molecule has 2 aromatic heterocycles. The molecular weight excluding hydrogens is 444 g/mol. The summed E-state index contributed by atoms with van der Waals surface area (Å²) >= 11 is 3.30. The molecule has 0 N–H and O–H groups in total. The van der Waals surface area contributed by atoms with Crippen LogP contribution in [0.25, 0.3) is 10.2 Å². The van der Waals surface area contributed by atoms with Gasteiger partial charge in [0.25, 0.3) is 5.56 Å². The van der Waals surface area contributed by atoms with E-state index < -0.39 is 0 Å². The second-order valence-corrected chi connectivity index (χ2v) is 11.7. The Morgan fingerprint density at radius 2 is 1.61 bits per heavy atom. The van der Waals surface area contributed by atoms with Crippen molar-refractivity contribution >= 4 is 33.3 Å². The zero-order valence-corrected chi connectivity index (χ0v) is 22.0. The standard InChI is InChI=1S/C28H32N2OS2/c1-7-23-19(3)24-25(33-23)29-27(30(26(24)31)16-20-10-8-18(2)9-11-20)32-17-21-12-14-22(15-13-21)28(4,5)6/h8-15H,7,16-17H2,1-6H3. The summed E-state index contributed by atoms with van der Waals surface area (Å²) in [6.45, 7) is 13.5. The molecule has 0 saturated heterocycles. The van der Waals surface area contributed by atoms with Crippen LogP contribution in [-0.4, -0.2) is 9.55 Å². The lowest BCUT2D eigenvalue weighted by atomic mass is 9.87. The second kappa shape index (κ2) is 9.47. The molecule has 0 amide bonds. The van der Waals surface area contributed by atoms with Crippen LogP contribution >= 0.6 is 23.1 Å². The summed E-state index contributed by atoms with van der Waals surface area (Å²) in [5, 5.41) is 1.57. The van der Waals surface area contributed by atoms with Crippen LogP contribution in [0, 0.1) is 13.8 Å². The number of fused-ring (bicyclic) bond motifs is 1. The molecule has 0 radical (unpaired) electrons. The van der Waals surface area contributed by atoms with E-state index in [2.05, 4.69) is 90.1 Å². The van der Waals surface area contributed by atoms with Crippen LogP contribution in [0.15, 0.2) is 58.5 Å². The molecule has 172 valence electrons. The fourth-order valence-electron chi connectivity index (χ4n) is 3.96. The molecule has 0 fully saturated rings. The predicted octanol–water partition coefficient (Wildman–Crippen LogP) is 7.28. The van der Waals surface area contributed by atoms with Crippen molar-refractivity contribution in [3.05, 3.63) is 91.6 Å². The lowest BCUT2D eigenvalue weighted by molar-refractivity contribution is 0.590. The van der Waals surface area contributed by atoms with Crippen molar-refractivity contribution in [1.82, 2.24) is 9.55 Å². The SMILES string of the molecule is CCc1sc2nc(SCc3ccc(C(C)(C)C)cc3)n(Cc3ccc(C)cc3)c(=O)c2c1C. The Morgan fingerprint density at radius 1 is 0.970 bits per heavy atom. The van der Waals surface area contributed by atoms with Crippen molar-refractivity contribution in [1.29, 1.82) is 0 Å². The minimum Gasteiger partial charge on any atom is -0.283 e. The van der Waals surface area contributed by atoms with Crippen LogP contribution in [0.3, 0.4) is 0 Å². The fourth-order valence-corrected chi connectivity index (χ4v) is 6.07. The summed E-state index contributed by atoms with van der Waals surface area (Å²) in [6, 6.07) is 17.2. The van der Waals surface area contributed by atoms with E-state index in [1.54, 1.807) is 23.1 Å². The summed E-state index contributed by atoms with van der Waals surface area (Å²) in [5.74, 6) is 0.779. The third-order valence-electron chi connectivity index (χ3n) is 6.08. The lowest BCUT2D eigenvalue weighted by Gasteiger charge is -2.19. The van der Waals surface area contributed by atoms with Crippen LogP contribution in [-0.2, 0) is 24.1 Å². The van der Waals surface area contributed by atoms with Gasteiger partial charge in [-0.15, -0.1) is 11.3 Å². The van der Waals surface area contributed by atoms with Gasteiger partial charge in [0.2, 0.25) is 0 Å². The van der Waals surface area contributed by atoms with Crippen LogP contribution in [0.4, 0.5) is 0 Å². The predicted molar refractivity (Wildman–Crippen MR) is 143 cm³/mol. The number of aryl methyl sites for hydroxylation is 3. The van der Waals surface area contributed by atoms with Crippen molar-refractivity contribution in [3.63, 3.8) is 0 Å². The van der Waals surface area contributed by atoms with E-state index in [0.29, 0.717) is 6.54 Å². The minimum absolute atomic E-state index is 0.0691. The summed E-state index contributed by atoms with van der Waals surface area (Å²) in [5.41, 5.74) is 6.19. The molecule has 4 aromatic rings. The van der Waals surface area contributed by atoms with E-state index in [9.17, 15) is 4.79 Å². The molecule has 0 unspecified atom stereocenters. The maximum Gasteiger partial charge on any atom is 0.263 e. The van der Waals surface area contributed by atoms with Crippen LogP contribution in [0.2, 0.25) is 0 Å². The van der Waals surface area contributed by atoms with Gasteiger partial charge in [-0.2, -0.15) is 0 Å². The van der Waals surface area contributed by atoms with Crippen molar-refractivity contribution in [3.8, 4) is 0 Å². The van der Waals surface area contributed by atoms with E-state index in [4.69, 9.17) is 4.98 Å². The van der Waals surface area contributed by atoms with E-state index >= 15 is 0 Å². The Labute approximate surface area is 204 Å². The van der Waals surface area contributed by atoms with Gasteiger partial charge in [-0.1, -0.05) is 93.6 Å². The Kier molecular flexibility index (Phi) is 6.83. The zero-order valence-electron chi connectivity index (χ0n) is 20.4. The number of aromatic nitrogens is 2. The van der Waals surface area contributed by atoms with Crippen molar-refractivity contribution in [2.75, 3.05) is 0 Å². The molecule has 4 rings (SSSR count). The first-order valence-electron chi connectivity index (χ1n) is 11.5. The maximum absolute atomic E-state index is 13.7. The minimum atomic E-state index is 0.0691. The quantitative estimate of drug-likeness (QED) is 0.217. The third-order valence-corrected chi connectivity index (χ3v) is 8.46. The van der Waals surface area contributed by atoms with Gasteiger partial charge < -0.3 is 0 Å². The number of benzene rings is 2. The van der Waals surface area contributed by atoms with Gasteiger partial charge in [0.05, 0.1) is 11.9 Å². The number of nitrogens with zero attached hydrogens (tertiary/aromatic N) is 2. The molecule has 0 aliphatic rings. The lowest BCUT2D eigenvalue weighted by Crippen LogP contribution is -2.24. The van der Waals surface area contributed by atoms with Gasteiger partial charge in [0, 0.05) is 10.6 Å². The number of hydrogen-bond acceptors (Lipinski definition) is 4. The molecule has 0 aliphatic heterocycles. The Hall–Kier alpha value is -2.37. The van der Waals surface area contributed by atoms with E-state index in [1.165, 1.54) is 21.6 Å². The van der Waals surface area contributed by atoms with Gasteiger partial charge in [-0.25, -0.2) is 4.98 Å². The molecule has 0 atom stereocenters. The fraction of sp³-hybridized carbons (Fsp3) is 0.357. The summed E-state index contributed by atoms with van der Waals surface area (Å²) < 4.78 is 1.86. The van der Waals surface area contributed by atoms with Crippen LogP contribution in [0.1, 0.15) is 60.4 Å². The smallest absolute Gasteiger partial charge is 0.263 e. The molecule has 3 nitrogen and oxygen atoms in total. The Morgan fingerprint density at radius 3 is 2.21 bits per heavy atom. The molecule has 0 saturated carbocycles. The monoisotopic (exact) mass is 476 g/mol. The van der Waals surface area contributed by atoms with Crippen LogP contribution < -0.4 is 5.56 Å². The zero-order chi connectivity index (χ0) is 23.8. The topological polar surface area (TPSA) is 34.9 Å².